The van der Waals surface area contributed by atoms with Crippen molar-refractivity contribution >= 4 is 5.91 Å². The number of hydrogen-bond acceptors (Lipinski definition) is 9. The van der Waals surface area contributed by atoms with Gasteiger partial charge in [0.25, 0.3) is 0 Å². The van der Waals surface area contributed by atoms with Crippen LogP contribution in [0.2, 0.25) is 0 Å². The van der Waals surface area contributed by atoms with Crippen molar-refractivity contribution in [2.75, 3.05) is 13.2 Å². The first kappa shape index (κ1) is 33.9. The summed E-state index contributed by atoms with van der Waals surface area (Å²) in [5.41, 5.74) is 1.17. The molecule has 1 aromatic rings. The Hall–Kier alpha value is -1.63. The molecule has 7 N–H and O–H groups in total. The van der Waals surface area contributed by atoms with Gasteiger partial charge in [0.15, 0.2) is 6.29 Å². The number of aryl methyl sites for hydroxylation is 1. The predicted octanol–water partition coefficient (Wildman–Crippen LogP) is 1.42. The number of unbranched alkanes of at least 4 members (excludes halogenated alkanes) is 3. The molecule has 234 valence electrons. The second-order valence-electron chi connectivity index (χ2n) is 11.7. The van der Waals surface area contributed by atoms with Crippen molar-refractivity contribution in [1.82, 2.24) is 5.32 Å². The van der Waals surface area contributed by atoms with E-state index in [1.54, 1.807) is 0 Å². The molecule has 1 aromatic carbocycles. The van der Waals surface area contributed by atoms with Crippen LogP contribution < -0.4 is 5.32 Å². The van der Waals surface area contributed by atoms with Gasteiger partial charge in [0.05, 0.1) is 24.9 Å². The van der Waals surface area contributed by atoms with Gasteiger partial charge in [-0.15, -0.1) is 0 Å². The summed E-state index contributed by atoms with van der Waals surface area (Å²) in [6.07, 6.45) is -0.780. The first-order chi connectivity index (χ1) is 19.7. The normalized spacial score (nSPS) is 32.6. The molecule has 0 aromatic heterocycles. The zero-order valence-corrected chi connectivity index (χ0v) is 24.3. The summed E-state index contributed by atoms with van der Waals surface area (Å²) in [5.74, 6) is -0.126. The molecule has 0 radical (unpaired) electrons. The van der Waals surface area contributed by atoms with Crippen LogP contribution in [0.25, 0.3) is 0 Å². The summed E-state index contributed by atoms with van der Waals surface area (Å²) in [4.78, 5) is 11.7. The Bertz CT molecular complexity index is 872. The molecule has 2 unspecified atom stereocenters. The fourth-order valence-corrected chi connectivity index (χ4v) is 6.28. The van der Waals surface area contributed by atoms with E-state index in [0.29, 0.717) is 38.6 Å². The van der Waals surface area contributed by atoms with Gasteiger partial charge in [-0.05, 0) is 62.8 Å². The molecule has 1 heterocycles. The second kappa shape index (κ2) is 17.5. The van der Waals surface area contributed by atoms with Crippen LogP contribution in [0.4, 0.5) is 0 Å². The van der Waals surface area contributed by atoms with Gasteiger partial charge in [0.1, 0.15) is 24.4 Å². The van der Waals surface area contributed by atoms with E-state index >= 15 is 0 Å². The third kappa shape index (κ3) is 10.2. The molecule has 0 spiro atoms. The number of hydrogen-bond donors (Lipinski definition) is 7. The highest BCUT2D eigenvalue weighted by Gasteiger charge is 2.48. The van der Waals surface area contributed by atoms with Crippen LogP contribution in [0.3, 0.4) is 0 Å². The lowest BCUT2D eigenvalue weighted by Gasteiger charge is -2.41. The first-order valence-corrected chi connectivity index (χ1v) is 15.4. The van der Waals surface area contributed by atoms with Crippen molar-refractivity contribution in [2.45, 2.75) is 127 Å². The third-order valence-electron chi connectivity index (χ3n) is 8.66. The van der Waals surface area contributed by atoms with Gasteiger partial charge in [0, 0.05) is 19.4 Å². The van der Waals surface area contributed by atoms with E-state index in [9.17, 15) is 35.4 Å². The Morgan fingerprint density at radius 2 is 1.71 bits per heavy atom. The number of rotatable bonds is 17. The van der Waals surface area contributed by atoms with Gasteiger partial charge in [-0.2, -0.15) is 0 Å². The van der Waals surface area contributed by atoms with Gasteiger partial charge in [-0.25, -0.2) is 0 Å². The Kier molecular flexibility index (Phi) is 14.4. The third-order valence-corrected chi connectivity index (χ3v) is 8.66. The molecule has 0 bridgehead atoms. The van der Waals surface area contributed by atoms with Crippen LogP contribution in [0.5, 0.6) is 0 Å². The van der Waals surface area contributed by atoms with E-state index in [4.69, 9.17) is 9.47 Å². The molecule has 3 rings (SSSR count). The average molecular weight is 582 g/mol. The van der Waals surface area contributed by atoms with E-state index < -0.39 is 55.6 Å². The maximum absolute atomic E-state index is 11.7. The number of carbonyl (C=O) groups excluding carboxylic acids is 1. The summed E-state index contributed by atoms with van der Waals surface area (Å²) in [6, 6.07) is 10.0. The van der Waals surface area contributed by atoms with Crippen molar-refractivity contribution in [2.24, 2.45) is 11.8 Å². The lowest BCUT2D eigenvalue weighted by Crippen LogP contribution is -2.59. The number of benzene rings is 1. The Morgan fingerprint density at radius 3 is 2.41 bits per heavy atom. The lowest BCUT2D eigenvalue weighted by atomic mass is 9.84. The zero-order valence-electron chi connectivity index (χ0n) is 24.3. The smallest absolute Gasteiger partial charge is 0.219 e. The first-order valence-electron chi connectivity index (χ1n) is 15.4. The molecule has 1 amide bonds. The van der Waals surface area contributed by atoms with E-state index in [1.165, 1.54) is 5.56 Å². The Balaban J connectivity index is 1.58. The number of amides is 1. The summed E-state index contributed by atoms with van der Waals surface area (Å²) in [6.45, 7) is 1.98. The van der Waals surface area contributed by atoms with E-state index in [0.717, 1.165) is 38.5 Å². The summed E-state index contributed by atoms with van der Waals surface area (Å²) in [7, 11) is 0. The van der Waals surface area contributed by atoms with Crippen molar-refractivity contribution in [3.8, 4) is 0 Å². The van der Waals surface area contributed by atoms with Crippen molar-refractivity contribution in [3.05, 3.63) is 35.9 Å². The molecule has 1 aliphatic heterocycles. The number of nitrogens with one attached hydrogen (secondary N) is 1. The Morgan fingerprint density at radius 1 is 0.976 bits per heavy atom. The molecule has 10 nitrogen and oxygen atoms in total. The van der Waals surface area contributed by atoms with E-state index in [1.807, 2.05) is 37.3 Å². The quantitative estimate of drug-likeness (QED) is 0.135. The molecular weight excluding hydrogens is 530 g/mol. The van der Waals surface area contributed by atoms with Crippen LogP contribution in [0, 0.1) is 11.8 Å². The standard InChI is InChI=1S/C31H51NO9/c1-2-32-27(36)13-9-4-3-8-12-23-22(17-16-21(34)15-14-20-10-6-5-7-11-20)24(35)18-25(23)40-31-30(39)29(38)28(37)26(19-33)41-31/h5-7,10-11,21-26,28-31,33-35,37-39H,2-4,8-9,12-19H2,1H3,(H,32,36)/t21-,22+,23+,24+,25-,26?,28+,29-,30?,31+/m0/s1. The minimum absolute atomic E-state index is 0.0605. The topological polar surface area (TPSA) is 169 Å². The monoisotopic (exact) mass is 581 g/mol. The lowest BCUT2D eigenvalue weighted by molar-refractivity contribution is -0.314. The van der Waals surface area contributed by atoms with Crippen LogP contribution in [-0.4, -0.2) is 98.7 Å². The fraction of sp³-hybridized carbons (Fsp3) is 0.774. The van der Waals surface area contributed by atoms with E-state index in [2.05, 4.69) is 5.32 Å². The molecule has 1 aliphatic carbocycles. The molecule has 2 fully saturated rings. The minimum atomic E-state index is -1.53. The van der Waals surface area contributed by atoms with Gasteiger partial charge in [0.2, 0.25) is 5.91 Å². The van der Waals surface area contributed by atoms with Crippen LogP contribution >= 0.6 is 0 Å². The summed E-state index contributed by atoms with van der Waals surface area (Å²) < 4.78 is 11.7. The van der Waals surface area contributed by atoms with Crippen molar-refractivity contribution < 1.29 is 44.9 Å². The molecule has 41 heavy (non-hydrogen) atoms. The molecule has 10 atom stereocenters. The Labute approximate surface area is 243 Å². The summed E-state index contributed by atoms with van der Waals surface area (Å²) in [5, 5.41) is 65.0. The zero-order chi connectivity index (χ0) is 29.8. The highest BCUT2D eigenvalue weighted by Crippen LogP contribution is 2.42. The molecule has 2 aliphatic rings. The molecular formula is C31H51NO9. The number of aliphatic hydroxyl groups excluding tert-OH is 6. The minimum Gasteiger partial charge on any atom is -0.394 e. The highest BCUT2D eigenvalue weighted by molar-refractivity contribution is 5.75. The molecule has 1 saturated heterocycles. The maximum Gasteiger partial charge on any atom is 0.219 e. The van der Waals surface area contributed by atoms with Crippen LogP contribution in [-0.2, 0) is 20.7 Å². The van der Waals surface area contributed by atoms with E-state index in [-0.39, 0.29) is 17.7 Å². The predicted molar refractivity (Wildman–Crippen MR) is 153 cm³/mol. The summed E-state index contributed by atoms with van der Waals surface area (Å²) >= 11 is 0. The van der Waals surface area contributed by atoms with Crippen molar-refractivity contribution in [3.63, 3.8) is 0 Å². The largest absolute Gasteiger partial charge is 0.394 e. The SMILES string of the molecule is CCNC(=O)CCCCCC[C@@H]1[C@@H](CC[C@@H](O)CCc2ccccc2)[C@H](O)C[C@@H]1O[C@@H]1OC(CO)[C@@H](O)[C@H](O)C1O. The number of aliphatic hydroxyl groups is 6. The number of carbonyl (C=O) groups is 1. The molecule has 1 saturated carbocycles. The van der Waals surface area contributed by atoms with Gasteiger partial charge >= 0.3 is 0 Å². The highest BCUT2D eigenvalue weighted by atomic mass is 16.7. The van der Waals surface area contributed by atoms with Gasteiger partial charge < -0.3 is 45.4 Å². The second-order valence-corrected chi connectivity index (χ2v) is 11.7. The maximum atomic E-state index is 11.7. The van der Waals surface area contributed by atoms with Gasteiger partial charge in [-0.3, -0.25) is 4.79 Å². The van der Waals surface area contributed by atoms with Gasteiger partial charge in [-0.1, -0.05) is 49.6 Å². The van der Waals surface area contributed by atoms with Crippen LogP contribution in [0.1, 0.15) is 76.7 Å². The molecule has 10 heteroatoms. The average Bonchev–Trinajstić information content (AvgIpc) is 3.26. The van der Waals surface area contributed by atoms with Crippen molar-refractivity contribution in [1.29, 1.82) is 0 Å². The van der Waals surface area contributed by atoms with Crippen LogP contribution in [0.15, 0.2) is 30.3 Å². The number of ether oxygens (including phenoxy) is 2. The fourth-order valence-electron chi connectivity index (χ4n) is 6.28.